The van der Waals surface area contributed by atoms with Crippen LogP contribution in [-0.2, 0) is 0 Å². The van der Waals surface area contributed by atoms with E-state index in [-0.39, 0.29) is 5.82 Å². The van der Waals surface area contributed by atoms with E-state index in [1.807, 2.05) is 43.5 Å². The smallest absolute Gasteiger partial charge is 0.142 e. The van der Waals surface area contributed by atoms with E-state index in [0.717, 1.165) is 27.1 Å². The molecule has 3 aromatic rings. The van der Waals surface area contributed by atoms with Gasteiger partial charge in [0.15, 0.2) is 0 Å². The molecule has 0 spiro atoms. The normalized spacial score (nSPS) is 10.6. The van der Waals surface area contributed by atoms with Crippen molar-refractivity contribution in [2.45, 2.75) is 11.8 Å². The summed E-state index contributed by atoms with van der Waals surface area (Å²) < 4.78 is 0. The highest BCUT2D eigenvalue weighted by atomic mass is 35.5. The summed E-state index contributed by atoms with van der Waals surface area (Å²) in [4.78, 5) is 5.59. The van der Waals surface area contributed by atoms with Crippen molar-refractivity contribution in [2.75, 3.05) is 12.0 Å². The molecule has 0 aliphatic rings. The number of halogens is 2. The summed E-state index contributed by atoms with van der Waals surface area (Å²) in [6, 6.07) is 15.4. The first-order valence-corrected chi connectivity index (χ1v) is 9.74. The predicted octanol–water partition coefficient (Wildman–Crippen LogP) is 6.21. The molecule has 0 saturated carbocycles. The van der Waals surface area contributed by atoms with Gasteiger partial charge in [-0.3, -0.25) is 0 Å². The summed E-state index contributed by atoms with van der Waals surface area (Å²) in [6.07, 6.45) is 2.02. The third-order valence-electron chi connectivity index (χ3n) is 4.15. The molecule has 0 atom stereocenters. The van der Waals surface area contributed by atoms with Crippen LogP contribution in [0.5, 0.6) is 0 Å². The van der Waals surface area contributed by atoms with Gasteiger partial charge in [-0.25, -0.2) is 4.98 Å². The number of pyridine rings is 1. The van der Waals surface area contributed by atoms with Gasteiger partial charge in [0.1, 0.15) is 17.5 Å². The van der Waals surface area contributed by atoms with E-state index in [0.29, 0.717) is 21.3 Å². The van der Waals surface area contributed by atoms with Gasteiger partial charge in [0, 0.05) is 21.0 Å². The fraction of sp³-hybridized carbons (Fsp3) is 0.100. The van der Waals surface area contributed by atoms with Gasteiger partial charge < -0.3 is 5.73 Å². The van der Waals surface area contributed by atoms with E-state index in [4.69, 9.17) is 28.9 Å². The number of anilines is 1. The monoisotopic (exact) mass is 399 g/mol. The first-order valence-electron chi connectivity index (χ1n) is 7.76. The third kappa shape index (κ3) is 3.39. The van der Waals surface area contributed by atoms with Gasteiger partial charge in [-0.15, -0.1) is 11.8 Å². The molecule has 3 rings (SSSR count). The highest BCUT2D eigenvalue weighted by Crippen LogP contribution is 2.39. The zero-order chi connectivity index (χ0) is 18.8. The minimum Gasteiger partial charge on any atom is -0.383 e. The first-order chi connectivity index (χ1) is 12.5. The van der Waals surface area contributed by atoms with E-state index >= 15 is 0 Å². The van der Waals surface area contributed by atoms with Crippen LogP contribution in [0.15, 0.2) is 47.4 Å². The standard InChI is InChI=1S/C20H15Cl2N3S/c1-11-18(12-3-6-14(26-2)7-4-12)16(10-23)20(24)25-19(11)15-8-5-13(21)9-17(15)22/h3-9H,1-2H3,(H2,24,25). The van der Waals surface area contributed by atoms with Crippen molar-refractivity contribution < 1.29 is 0 Å². The van der Waals surface area contributed by atoms with E-state index in [1.54, 1.807) is 23.9 Å². The van der Waals surface area contributed by atoms with Crippen LogP contribution in [0.25, 0.3) is 22.4 Å². The van der Waals surface area contributed by atoms with Crippen LogP contribution in [-0.4, -0.2) is 11.2 Å². The van der Waals surface area contributed by atoms with Gasteiger partial charge in [0.2, 0.25) is 0 Å². The Morgan fingerprint density at radius 2 is 1.81 bits per heavy atom. The zero-order valence-electron chi connectivity index (χ0n) is 14.2. The second-order valence-corrected chi connectivity index (χ2v) is 7.41. The molecule has 0 bridgehead atoms. The van der Waals surface area contributed by atoms with Gasteiger partial charge in [-0.2, -0.15) is 5.26 Å². The summed E-state index contributed by atoms with van der Waals surface area (Å²) in [5.74, 6) is 0.183. The number of nitrogens with zero attached hydrogens (tertiary/aromatic N) is 2. The lowest BCUT2D eigenvalue weighted by atomic mass is 9.93. The van der Waals surface area contributed by atoms with E-state index < -0.39 is 0 Å². The lowest BCUT2D eigenvalue weighted by Gasteiger charge is -2.16. The molecule has 0 fully saturated rings. The summed E-state index contributed by atoms with van der Waals surface area (Å²) in [5, 5.41) is 10.7. The molecule has 0 unspecified atom stereocenters. The Labute approximate surface area is 166 Å². The highest BCUT2D eigenvalue weighted by molar-refractivity contribution is 7.98. The summed E-state index contributed by atoms with van der Waals surface area (Å²) in [5.41, 5.74) is 10.4. The van der Waals surface area contributed by atoms with Crippen molar-refractivity contribution in [3.05, 3.63) is 63.6 Å². The third-order valence-corrected chi connectivity index (χ3v) is 5.44. The van der Waals surface area contributed by atoms with Gasteiger partial charge in [-0.05, 0) is 54.6 Å². The largest absolute Gasteiger partial charge is 0.383 e. The van der Waals surface area contributed by atoms with Crippen LogP contribution >= 0.6 is 35.0 Å². The minimum atomic E-state index is 0.183. The van der Waals surface area contributed by atoms with Crippen LogP contribution in [0.1, 0.15) is 11.1 Å². The van der Waals surface area contributed by atoms with E-state index in [1.165, 1.54) is 0 Å². The van der Waals surface area contributed by atoms with Crippen molar-refractivity contribution in [3.8, 4) is 28.5 Å². The Morgan fingerprint density at radius 1 is 1.12 bits per heavy atom. The predicted molar refractivity (Wildman–Crippen MR) is 111 cm³/mol. The van der Waals surface area contributed by atoms with E-state index in [2.05, 4.69) is 11.1 Å². The number of thioether (sulfide) groups is 1. The van der Waals surface area contributed by atoms with Crippen LogP contribution in [0.2, 0.25) is 10.0 Å². The fourth-order valence-electron chi connectivity index (χ4n) is 2.87. The Balaban J connectivity index is 2.29. The van der Waals surface area contributed by atoms with Crippen molar-refractivity contribution in [3.63, 3.8) is 0 Å². The SMILES string of the molecule is CSc1ccc(-c2c(C)c(-c3ccc(Cl)cc3Cl)nc(N)c2C#N)cc1. The molecule has 3 nitrogen and oxygen atoms in total. The van der Waals surface area contributed by atoms with Crippen molar-refractivity contribution in [2.24, 2.45) is 0 Å². The number of rotatable bonds is 3. The highest BCUT2D eigenvalue weighted by Gasteiger charge is 2.19. The van der Waals surface area contributed by atoms with Crippen LogP contribution in [0, 0.1) is 18.3 Å². The zero-order valence-corrected chi connectivity index (χ0v) is 16.5. The molecule has 130 valence electrons. The van der Waals surface area contributed by atoms with Crippen molar-refractivity contribution in [1.29, 1.82) is 5.26 Å². The maximum Gasteiger partial charge on any atom is 0.142 e. The second-order valence-electron chi connectivity index (χ2n) is 5.69. The van der Waals surface area contributed by atoms with Gasteiger partial charge >= 0.3 is 0 Å². The second kappa shape index (κ2) is 7.59. The topological polar surface area (TPSA) is 62.7 Å². The molecule has 2 aromatic carbocycles. The molecule has 0 aliphatic heterocycles. The van der Waals surface area contributed by atoms with Crippen LogP contribution in [0.4, 0.5) is 5.82 Å². The molecule has 1 aromatic heterocycles. The lowest BCUT2D eigenvalue weighted by Crippen LogP contribution is -2.03. The first kappa shape index (κ1) is 18.6. The lowest BCUT2D eigenvalue weighted by molar-refractivity contribution is 1.26. The number of nitriles is 1. The average Bonchev–Trinajstić information content (AvgIpc) is 2.63. The number of hydrogen-bond acceptors (Lipinski definition) is 4. The molecule has 1 heterocycles. The molecule has 0 amide bonds. The van der Waals surface area contributed by atoms with Gasteiger partial charge in [-0.1, -0.05) is 35.3 Å². The summed E-state index contributed by atoms with van der Waals surface area (Å²) >= 11 is 14.0. The van der Waals surface area contributed by atoms with Gasteiger partial charge in [0.05, 0.1) is 10.7 Å². The number of hydrogen-bond donors (Lipinski definition) is 1. The molecular formula is C20H15Cl2N3S. The molecule has 0 radical (unpaired) electrons. The van der Waals surface area contributed by atoms with Crippen molar-refractivity contribution >= 4 is 40.8 Å². The summed E-state index contributed by atoms with van der Waals surface area (Å²) in [6.45, 7) is 1.92. The Bertz CT molecular complexity index is 1020. The average molecular weight is 400 g/mol. The summed E-state index contributed by atoms with van der Waals surface area (Å²) in [7, 11) is 0. The molecule has 6 heteroatoms. The molecule has 2 N–H and O–H groups in total. The van der Waals surface area contributed by atoms with Crippen LogP contribution in [0.3, 0.4) is 0 Å². The Hall–Kier alpha value is -2.19. The fourth-order valence-corrected chi connectivity index (χ4v) is 3.78. The van der Waals surface area contributed by atoms with Gasteiger partial charge in [0.25, 0.3) is 0 Å². The number of nitrogen functional groups attached to an aromatic ring is 1. The van der Waals surface area contributed by atoms with Crippen molar-refractivity contribution in [1.82, 2.24) is 4.98 Å². The number of benzene rings is 2. The Morgan fingerprint density at radius 3 is 2.38 bits per heavy atom. The minimum absolute atomic E-state index is 0.183. The van der Waals surface area contributed by atoms with E-state index in [9.17, 15) is 5.26 Å². The maximum absolute atomic E-state index is 9.62. The van der Waals surface area contributed by atoms with Crippen LogP contribution < -0.4 is 5.73 Å². The maximum atomic E-state index is 9.62. The molecule has 0 saturated heterocycles. The Kier molecular flexibility index (Phi) is 5.43. The number of nitrogens with two attached hydrogens (primary N) is 1. The quantitative estimate of drug-likeness (QED) is 0.531. The molecular weight excluding hydrogens is 385 g/mol. The number of aromatic nitrogens is 1. The molecule has 0 aliphatic carbocycles. The molecule has 26 heavy (non-hydrogen) atoms.